The van der Waals surface area contributed by atoms with Gasteiger partial charge in [0.05, 0.1) is 18.3 Å². The standard InChI is InChI=1S/C21H43NO4/c1-9-10-13-17(25-20(2,3)4)19(18-16-24-21(5,6)26-18)23-15-12-11-14-22(7)8/h17-19H,9-16H2,1-8H3. The van der Waals surface area contributed by atoms with Gasteiger partial charge in [0.2, 0.25) is 0 Å². The first-order valence-electron chi connectivity index (χ1n) is 10.3. The van der Waals surface area contributed by atoms with Gasteiger partial charge in [0.1, 0.15) is 12.2 Å². The third kappa shape index (κ3) is 9.65. The van der Waals surface area contributed by atoms with Crippen LogP contribution in [0.1, 0.15) is 73.6 Å². The molecule has 0 saturated carbocycles. The Balaban J connectivity index is 2.75. The van der Waals surface area contributed by atoms with E-state index in [-0.39, 0.29) is 23.9 Å². The van der Waals surface area contributed by atoms with Crippen LogP contribution < -0.4 is 0 Å². The van der Waals surface area contributed by atoms with Crippen molar-refractivity contribution < 1.29 is 18.9 Å². The maximum Gasteiger partial charge on any atom is 0.163 e. The molecular formula is C21H43NO4. The second-order valence-corrected chi connectivity index (χ2v) is 9.12. The molecular weight excluding hydrogens is 330 g/mol. The van der Waals surface area contributed by atoms with Gasteiger partial charge in [0.15, 0.2) is 5.79 Å². The van der Waals surface area contributed by atoms with Gasteiger partial charge in [-0.3, -0.25) is 0 Å². The van der Waals surface area contributed by atoms with E-state index in [9.17, 15) is 0 Å². The third-order valence-corrected chi connectivity index (χ3v) is 4.42. The van der Waals surface area contributed by atoms with Crippen molar-refractivity contribution in [1.82, 2.24) is 4.90 Å². The van der Waals surface area contributed by atoms with Gasteiger partial charge in [-0.25, -0.2) is 0 Å². The molecule has 1 fully saturated rings. The largest absolute Gasteiger partial charge is 0.373 e. The molecule has 0 spiro atoms. The lowest BCUT2D eigenvalue weighted by Gasteiger charge is -2.36. The zero-order valence-electron chi connectivity index (χ0n) is 18.5. The summed E-state index contributed by atoms with van der Waals surface area (Å²) in [6, 6.07) is 0. The summed E-state index contributed by atoms with van der Waals surface area (Å²) in [6.07, 6.45) is 5.27. The lowest BCUT2D eigenvalue weighted by atomic mass is 10.0. The fourth-order valence-electron chi connectivity index (χ4n) is 3.23. The predicted octanol–water partition coefficient (Wildman–Crippen LogP) is 4.24. The quantitative estimate of drug-likeness (QED) is 0.479. The van der Waals surface area contributed by atoms with Crippen molar-refractivity contribution in [2.24, 2.45) is 0 Å². The summed E-state index contributed by atoms with van der Waals surface area (Å²) >= 11 is 0. The minimum atomic E-state index is -0.547. The van der Waals surface area contributed by atoms with E-state index in [4.69, 9.17) is 18.9 Å². The number of hydrogen-bond donors (Lipinski definition) is 0. The molecule has 0 aromatic heterocycles. The van der Waals surface area contributed by atoms with Crippen LogP contribution in [0.5, 0.6) is 0 Å². The van der Waals surface area contributed by atoms with Crippen molar-refractivity contribution in [2.45, 2.75) is 103 Å². The predicted molar refractivity (Wildman–Crippen MR) is 107 cm³/mol. The Morgan fingerprint density at radius 2 is 1.85 bits per heavy atom. The average Bonchev–Trinajstić information content (AvgIpc) is 2.86. The Bertz CT molecular complexity index is 379. The van der Waals surface area contributed by atoms with Gasteiger partial charge in [0, 0.05) is 6.61 Å². The van der Waals surface area contributed by atoms with Crippen LogP contribution in [-0.4, -0.2) is 68.5 Å². The van der Waals surface area contributed by atoms with Crippen molar-refractivity contribution in [3.8, 4) is 0 Å². The highest BCUT2D eigenvalue weighted by molar-refractivity contribution is 4.86. The van der Waals surface area contributed by atoms with Crippen molar-refractivity contribution >= 4 is 0 Å². The Hall–Kier alpha value is -0.200. The molecule has 0 N–H and O–H groups in total. The van der Waals surface area contributed by atoms with E-state index in [0.717, 1.165) is 45.3 Å². The Labute approximate surface area is 161 Å². The first-order valence-corrected chi connectivity index (χ1v) is 10.3. The maximum atomic E-state index is 6.41. The van der Waals surface area contributed by atoms with Crippen molar-refractivity contribution in [3.05, 3.63) is 0 Å². The van der Waals surface area contributed by atoms with Crippen LogP contribution in [0.3, 0.4) is 0 Å². The smallest absolute Gasteiger partial charge is 0.163 e. The molecule has 26 heavy (non-hydrogen) atoms. The van der Waals surface area contributed by atoms with Gasteiger partial charge in [-0.15, -0.1) is 0 Å². The van der Waals surface area contributed by atoms with Gasteiger partial charge >= 0.3 is 0 Å². The number of unbranched alkanes of at least 4 members (excludes halogenated alkanes) is 2. The lowest BCUT2D eigenvalue weighted by Crippen LogP contribution is -2.46. The van der Waals surface area contributed by atoms with E-state index in [1.54, 1.807) is 0 Å². The summed E-state index contributed by atoms with van der Waals surface area (Å²) in [5, 5.41) is 0. The second kappa shape index (κ2) is 11.0. The molecule has 0 bridgehead atoms. The Morgan fingerprint density at radius 1 is 1.15 bits per heavy atom. The van der Waals surface area contributed by atoms with Gasteiger partial charge in [-0.05, 0) is 74.5 Å². The van der Waals surface area contributed by atoms with E-state index < -0.39 is 5.79 Å². The SMILES string of the molecule is CCCCC(OC(C)(C)C)C(OCCCCN(C)C)C1COC(C)(C)O1. The third-order valence-electron chi connectivity index (χ3n) is 4.42. The molecule has 0 aromatic rings. The fourth-order valence-corrected chi connectivity index (χ4v) is 3.23. The summed E-state index contributed by atoms with van der Waals surface area (Å²) in [6.45, 7) is 14.8. The molecule has 1 saturated heterocycles. The zero-order valence-corrected chi connectivity index (χ0v) is 18.5. The molecule has 5 heteroatoms. The van der Waals surface area contributed by atoms with Gasteiger partial charge in [-0.1, -0.05) is 19.8 Å². The van der Waals surface area contributed by atoms with Crippen LogP contribution in [0.15, 0.2) is 0 Å². The normalized spacial score (nSPS) is 22.7. The van der Waals surface area contributed by atoms with Crippen LogP contribution in [0.2, 0.25) is 0 Å². The minimum Gasteiger partial charge on any atom is -0.373 e. The number of ether oxygens (including phenoxy) is 4. The first-order chi connectivity index (χ1) is 12.0. The molecule has 0 aromatic carbocycles. The van der Waals surface area contributed by atoms with Gasteiger partial charge in [0.25, 0.3) is 0 Å². The molecule has 1 aliphatic heterocycles. The summed E-state index contributed by atoms with van der Waals surface area (Å²) in [5.74, 6) is -0.547. The van der Waals surface area contributed by atoms with E-state index in [1.807, 2.05) is 13.8 Å². The summed E-state index contributed by atoms with van der Waals surface area (Å²) in [4.78, 5) is 2.21. The molecule has 1 heterocycles. The molecule has 3 unspecified atom stereocenters. The summed E-state index contributed by atoms with van der Waals surface area (Å²) in [7, 11) is 4.21. The number of hydrogen-bond acceptors (Lipinski definition) is 5. The summed E-state index contributed by atoms with van der Waals surface area (Å²) < 4.78 is 24.7. The topological polar surface area (TPSA) is 40.2 Å². The van der Waals surface area contributed by atoms with Crippen LogP contribution in [-0.2, 0) is 18.9 Å². The van der Waals surface area contributed by atoms with Crippen LogP contribution in [0.4, 0.5) is 0 Å². The zero-order chi connectivity index (χ0) is 19.8. The van der Waals surface area contributed by atoms with Crippen LogP contribution in [0, 0.1) is 0 Å². The molecule has 0 radical (unpaired) electrons. The van der Waals surface area contributed by atoms with Crippen LogP contribution in [0.25, 0.3) is 0 Å². The monoisotopic (exact) mass is 373 g/mol. The maximum absolute atomic E-state index is 6.41. The molecule has 1 aliphatic rings. The average molecular weight is 374 g/mol. The van der Waals surface area contributed by atoms with Crippen molar-refractivity contribution in [1.29, 1.82) is 0 Å². The Morgan fingerprint density at radius 3 is 2.35 bits per heavy atom. The van der Waals surface area contributed by atoms with Gasteiger partial charge in [-0.2, -0.15) is 0 Å². The van der Waals surface area contributed by atoms with E-state index in [0.29, 0.717) is 6.61 Å². The second-order valence-electron chi connectivity index (χ2n) is 9.12. The van der Waals surface area contributed by atoms with Crippen LogP contribution >= 0.6 is 0 Å². The molecule has 0 amide bonds. The van der Waals surface area contributed by atoms with Crippen molar-refractivity contribution in [3.63, 3.8) is 0 Å². The highest BCUT2D eigenvalue weighted by atomic mass is 16.8. The number of nitrogens with zero attached hydrogens (tertiary/aromatic N) is 1. The molecule has 1 rings (SSSR count). The number of rotatable bonds is 12. The lowest BCUT2D eigenvalue weighted by molar-refractivity contribution is -0.191. The highest BCUT2D eigenvalue weighted by Crippen LogP contribution is 2.30. The molecule has 5 nitrogen and oxygen atoms in total. The first kappa shape index (κ1) is 23.8. The fraction of sp³-hybridized carbons (Fsp3) is 1.00. The van der Waals surface area contributed by atoms with E-state index in [2.05, 4.69) is 46.7 Å². The van der Waals surface area contributed by atoms with Gasteiger partial charge < -0.3 is 23.8 Å². The molecule has 3 atom stereocenters. The Kier molecular flexibility index (Phi) is 10.0. The molecule has 0 aliphatic carbocycles. The molecule has 156 valence electrons. The van der Waals surface area contributed by atoms with Crippen molar-refractivity contribution in [2.75, 3.05) is 33.9 Å². The highest BCUT2D eigenvalue weighted by Gasteiger charge is 2.42. The van der Waals surface area contributed by atoms with E-state index >= 15 is 0 Å². The van der Waals surface area contributed by atoms with E-state index in [1.165, 1.54) is 0 Å². The summed E-state index contributed by atoms with van der Waals surface area (Å²) in [5.41, 5.74) is -0.208. The minimum absolute atomic E-state index is 0.0197.